The number of carboxylic acid groups (broad SMARTS) is 1. The summed E-state index contributed by atoms with van der Waals surface area (Å²) in [6.45, 7) is 0.0760. The number of aliphatic hydroxyl groups excluding tert-OH is 3. The third kappa shape index (κ3) is 8.43. The van der Waals surface area contributed by atoms with Crippen LogP contribution in [0.15, 0.2) is 28.7 Å². The third-order valence-corrected chi connectivity index (χ3v) is 3.90. The monoisotopic (exact) mass is 390 g/mol. The molecule has 6 nitrogen and oxygen atoms in total. The van der Waals surface area contributed by atoms with Crippen molar-refractivity contribution in [3.63, 3.8) is 0 Å². The predicted molar refractivity (Wildman–Crippen MR) is 88.0 cm³/mol. The molecule has 1 rings (SSSR count). The van der Waals surface area contributed by atoms with Gasteiger partial charge in [0, 0.05) is 24.1 Å². The Morgan fingerprint density at radius 1 is 1.13 bits per heavy atom. The molecule has 0 saturated heterocycles. The SMILES string of the molecule is O=C(O)C[C@H](O)CCO[C@@H](C[C@@H](O)CCO)c1ccc(Br)cc1. The molecular formula is C16H23BrO6. The molecular weight excluding hydrogens is 368 g/mol. The van der Waals surface area contributed by atoms with Crippen molar-refractivity contribution in [3.8, 4) is 0 Å². The highest BCUT2D eigenvalue weighted by atomic mass is 79.9. The molecule has 0 aromatic heterocycles. The zero-order valence-corrected chi connectivity index (χ0v) is 14.4. The van der Waals surface area contributed by atoms with Gasteiger partial charge in [-0.15, -0.1) is 0 Å². The minimum absolute atomic E-state index is 0.106. The number of benzene rings is 1. The molecule has 1 aromatic carbocycles. The molecule has 3 atom stereocenters. The number of aliphatic hydroxyl groups is 3. The number of rotatable bonds is 11. The topological polar surface area (TPSA) is 107 Å². The van der Waals surface area contributed by atoms with Gasteiger partial charge in [0.2, 0.25) is 0 Å². The lowest BCUT2D eigenvalue weighted by Crippen LogP contribution is -2.19. The molecule has 0 aliphatic rings. The summed E-state index contributed by atoms with van der Waals surface area (Å²) in [5.74, 6) is -1.06. The smallest absolute Gasteiger partial charge is 0.305 e. The molecule has 4 N–H and O–H groups in total. The summed E-state index contributed by atoms with van der Waals surface area (Å²) in [6, 6.07) is 7.47. The first kappa shape index (κ1) is 20.1. The highest BCUT2D eigenvalue weighted by Crippen LogP contribution is 2.25. The quantitative estimate of drug-likeness (QED) is 0.459. The Hall–Kier alpha value is -0.990. The number of halogens is 1. The lowest BCUT2D eigenvalue weighted by Gasteiger charge is -2.22. The van der Waals surface area contributed by atoms with Crippen LogP contribution in [0.3, 0.4) is 0 Å². The molecule has 130 valence electrons. The Morgan fingerprint density at radius 2 is 1.78 bits per heavy atom. The molecule has 0 aliphatic carbocycles. The molecule has 0 heterocycles. The predicted octanol–water partition coefficient (Wildman–Crippen LogP) is 1.87. The Labute approximate surface area is 143 Å². The van der Waals surface area contributed by atoms with Gasteiger partial charge in [-0.1, -0.05) is 28.1 Å². The van der Waals surface area contributed by atoms with Gasteiger partial charge in [-0.25, -0.2) is 0 Å². The van der Waals surface area contributed by atoms with E-state index in [-0.39, 0.29) is 38.6 Å². The fourth-order valence-electron chi connectivity index (χ4n) is 2.14. The fraction of sp³-hybridized carbons (Fsp3) is 0.562. The summed E-state index contributed by atoms with van der Waals surface area (Å²) in [7, 11) is 0. The maximum absolute atomic E-state index is 10.5. The summed E-state index contributed by atoms with van der Waals surface area (Å²) in [5.41, 5.74) is 0.873. The highest BCUT2D eigenvalue weighted by Gasteiger charge is 2.18. The normalized spacial score (nSPS) is 15.1. The summed E-state index contributed by atoms with van der Waals surface area (Å²) >= 11 is 3.35. The largest absolute Gasteiger partial charge is 0.481 e. The number of hydrogen-bond acceptors (Lipinski definition) is 5. The first-order valence-electron chi connectivity index (χ1n) is 7.48. The Kier molecular flexibility index (Phi) is 9.35. The second-order valence-corrected chi connectivity index (χ2v) is 6.27. The van der Waals surface area contributed by atoms with Gasteiger partial charge in [0.25, 0.3) is 0 Å². The Morgan fingerprint density at radius 3 is 2.35 bits per heavy atom. The molecule has 0 aliphatic heterocycles. The summed E-state index contributed by atoms with van der Waals surface area (Å²) in [5, 5.41) is 36.9. The van der Waals surface area contributed by atoms with Gasteiger partial charge in [0.1, 0.15) is 0 Å². The summed E-state index contributed by atoms with van der Waals surface area (Å²) < 4.78 is 6.65. The minimum Gasteiger partial charge on any atom is -0.481 e. The zero-order valence-electron chi connectivity index (χ0n) is 12.8. The van der Waals surface area contributed by atoms with E-state index >= 15 is 0 Å². The molecule has 0 unspecified atom stereocenters. The van der Waals surface area contributed by atoms with Crippen LogP contribution in [0.4, 0.5) is 0 Å². The maximum Gasteiger partial charge on any atom is 0.305 e. The van der Waals surface area contributed by atoms with Gasteiger partial charge < -0.3 is 25.2 Å². The van der Waals surface area contributed by atoms with Crippen LogP contribution in [-0.4, -0.2) is 51.8 Å². The van der Waals surface area contributed by atoms with Crippen LogP contribution in [0.25, 0.3) is 0 Å². The van der Waals surface area contributed by atoms with Gasteiger partial charge in [-0.3, -0.25) is 4.79 Å². The van der Waals surface area contributed by atoms with E-state index in [9.17, 15) is 15.0 Å². The second kappa shape index (κ2) is 10.7. The average Bonchev–Trinajstić information content (AvgIpc) is 2.46. The average molecular weight is 391 g/mol. The van der Waals surface area contributed by atoms with Crippen LogP contribution in [0.5, 0.6) is 0 Å². The summed E-state index contributed by atoms with van der Waals surface area (Å²) in [6.07, 6.45) is -1.58. The molecule has 0 spiro atoms. The number of hydrogen-bond donors (Lipinski definition) is 4. The van der Waals surface area contributed by atoms with Gasteiger partial charge >= 0.3 is 5.97 Å². The van der Waals surface area contributed by atoms with Gasteiger partial charge in [0.05, 0.1) is 24.7 Å². The van der Waals surface area contributed by atoms with Crippen LogP contribution in [0.1, 0.15) is 37.4 Å². The lowest BCUT2D eigenvalue weighted by atomic mass is 10.0. The van der Waals surface area contributed by atoms with Crippen LogP contribution >= 0.6 is 15.9 Å². The first-order valence-corrected chi connectivity index (χ1v) is 8.27. The second-order valence-electron chi connectivity index (χ2n) is 5.35. The molecule has 23 heavy (non-hydrogen) atoms. The molecule has 0 amide bonds. The number of aliphatic carboxylic acids is 1. The maximum atomic E-state index is 10.5. The lowest BCUT2D eigenvalue weighted by molar-refractivity contribution is -0.139. The minimum atomic E-state index is -1.06. The van der Waals surface area contributed by atoms with Crippen LogP contribution in [0, 0.1) is 0 Å². The van der Waals surface area contributed by atoms with Crippen LogP contribution in [0.2, 0.25) is 0 Å². The number of carboxylic acids is 1. The highest BCUT2D eigenvalue weighted by molar-refractivity contribution is 9.10. The molecule has 0 fully saturated rings. The van der Waals surface area contributed by atoms with Crippen molar-refractivity contribution in [2.75, 3.05) is 13.2 Å². The van der Waals surface area contributed by atoms with E-state index < -0.39 is 18.2 Å². The van der Waals surface area contributed by atoms with Gasteiger partial charge in [-0.05, 0) is 30.5 Å². The zero-order chi connectivity index (χ0) is 17.2. The van der Waals surface area contributed by atoms with Crippen molar-refractivity contribution in [1.82, 2.24) is 0 Å². The van der Waals surface area contributed by atoms with E-state index in [0.29, 0.717) is 6.42 Å². The van der Waals surface area contributed by atoms with E-state index in [4.69, 9.17) is 14.9 Å². The van der Waals surface area contributed by atoms with E-state index in [1.54, 1.807) is 0 Å². The van der Waals surface area contributed by atoms with E-state index in [1.165, 1.54) is 0 Å². The van der Waals surface area contributed by atoms with Crippen molar-refractivity contribution < 1.29 is 30.0 Å². The molecule has 7 heteroatoms. The molecule has 0 saturated carbocycles. The molecule has 1 aromatic rings. The fourth-order valence-corrected chi connectivity index (χ4v) is 2.41. The molecule has 0 bridgehead atoms. The van der Waals surface area contributed by atoms with Crippen LogP contribution in [-0.2, 0) is 9.53 Å². The number of carbonyl (C=O) groups is 1. The van der Waals surface area contributed by atoms with E-state index in [1.807, 2.05) is 24.3 Å². The number of ether oxygens (including phenoxy) is 1. The van der Waals surface area contributed by atoms with Crippen molar-refractivity contribution in [3.05, 3.63) is 34.3 Å². The van der Waals surface area contributed by atoms with E-state index in [0.717, 1.165) is 10.0 Å². The van der Waals surface area contributed by atoms with Crippen LogP contribution < -0.4 is 0 Å². The van der Waals surface area contributed by atoms with Crippen molar-refractivity contribution >= 4 is 21.9 Å². The van der Waals surface area contributed by atoms with Gasteiger partial charge in [-0.2, -0.15) is 0 Å². The Balaban J connectivity index is 2.60. The van der Waals surface area contributed by atoms with Crippen molar-refractivity contribution in [2.45, 2.75) is 44.0 Å². The first-order chi connectivity index (χ1) is 10.9. The van der Waals surface area contributed by atoms with Crippen molar-refractivity contribution in [1.29, 1.82) is 0 Å². The summed E-state index contributed by atoms with van der Waals surface area (Å²) in [4.78, 5) is 10.5. The Bertz CT molecular complexity index is 464. The van der Waals surface area contributed by atoms with Gasteiger partial charge in [0.15, 0.2) is 0 Å². The third-order valence-electron chi connectivity index (χ3n) is 3.37. The van der Waals surface area contributed by atoms with Crippen molar-refractivity contribution in [2.24, 2.45) is 0 Å². The van der Waals surface area contributed by atoms with E-state index in [2.05, 4.69) is 15.9 Å². The standard InChI is InChI=1S/C16H23BrO6/c17-12-3-1-11(2-4-12)15(9-13(19)5-7-18)23-8-6-14(20)10-16(21)22/h1-4,13-15,18-20H,5-10H2,(H,21,22)/t13-,14+,15-/m0/s1. The molecule has 0 radical (unpaired) electrons.